The predicted molar refractivity (Wildman–Crippen MR) is 110 cm³/mol. The number of carbonyl (C=O) groups is 1. The molecular formula is C22H18N4O3. The summed E-state index contributed by atoms with van der Waals surface area (Å²) in [6.07, 6.45) is 0. The third-order valence-electron chi connectivity index (χ3n) is 4.56. The first-order chi connectivity index (χ1) is 13.9. The van der Waals surface area contributed by atoms with Crippen molar-refractivity contribution in [1.29, 1.82) is 0 Å². The zero-order valence-electron chi connectivity index (χ0n) is 15.6. The first kappa shape index (κ1) is 18.2. The number of carboxylic acids is 1. The molecule has 0 spiro atoms. The number of carboxylic acid groups (broad SMARTS) is 1. The number of nitrogens with two attached hydrogens (primary N) is 1. The molecule has 144 valence electrons. The number of nitrogen functional groups attached to an aromatic ring is 1. The van der Waals surface area contributed by atoms with Gasteiger partial charge in [0, 0.05) is 11.3 Å². The minimum atomic E-state index is -1.01. The van der Waals surface area contributed by atoms with Crippen LogP contribution in [0.3, 0.4) is 0 Å². The Kier molecular flexibility index (Phi) is 4.48. The van der Waals surface area contributed by atoms with Gasteiger partial charge in [0.05, 0.1) is 16.8 Å². The van der Waals surface area contributed by atoms with Crippen LogP contribution in [0.4, 0.5) is 5.69 Å². The number of phenolic OH excluding ortho intramolecular Hbond substituents is 1. The zero-order chi connectivity index (χ0) is 20.5. The van der Waals surface area contributed by atoms with Gasteiger partial charge in [0.25, 0.3) is 0 Å². The maximum absolute atomic E-state index is 11.2. The molecule has 0 atom stereocenters. The van der Waals surface area contributed by atoms with Gasteiger partial charge in [0.1, 0.15) is 5.75 Å². The van der Waals surface area contributed by atoms with E-state index in [1.165, 1.54) is 12.1 Å². The van der Waals surface area contributed by atoms with E-state index in [-0.39, 0.29) is 11.3 Å². The minimum Gasteiger partial charge on any atom is -0.507 e. The molecule has 4 N–H and O–H groups in total. The van der Waals surface area contributed by atoms with E-state index < -0.39 is 5.97 Å². The second kappa shape index (κ2) is 7.12. The Morgan fingerprint density at radius 3 is 2.41 bits per heavy atom. The summed E-state index contributed by atoms with van der Waals surface area (Å²) in [6.45, 7) is 1.95. The zero-order valence-corrected chi connectivity index (χ0v) is 15.6. The largest absolute Gasteiger partial charge is 0.507 e. The average Bonchev–Trinajstić information content (AvgIpc) is 3.15. The SMILES string of the molecule is Cc1ccc(N)c(-c2nc(-c3ccccc3O)nn2-c2ccc(C(=O)O)cc2)c1. The van der Waals surface area contributed by atoms with Crippen LogP contribution in [-0.2, 0) is 0 Å². The lowest BCUT2D eigenvalue weighted by molar-refractivity contribution is 0.0697. The lowest BCUT2D eigenvalue weighted by Gasteiger charge is -2.09. The highest BCUT2D eigenvalue weighted by Crippen LogP contribution is 2.32. The molecule has 4 aromatic rings. The van der Waals surface area contributed by atoms with Gasteiger partial charge in [0.2, 0.25) is 0 Å². The van der Waals surface area contributed by atoms with E-state index in [0.717, 1.165) is 5.56 Å². The van der Waals surface area contributed by atoms with Crippen LogP contribution in [0, 0.1) is 6.92 Å². The lowest BCUT2D eigenvalue weighted by Crippen LogP contribution is -2.03. The molecular weight excluding hydrogens is 368 g/mol. The van der Waals surface area contributed by atoms with Crippen molar-refractivity contribution in [3.8, 4) is 34.2 Å². The van der Waals surface area contributed by atoms with Gasteiger partial charge in [-0.05, 0) is 55.5 Å². The molecule has 0 aliphatic carbocycles. The fraction of sp³-hybridized carbons (Fsp3) is 0.0455. The van der Waals surface area contributed by atoms with Gasteiger partial charge >= 0.3 is 5.97 Å². The van der Waals surface area contributed by atoms with Crippen molar-refractivity contribution in [3.63, 3.8) is 0 Å². The highest BCUT2D eigenvalue weighted by molar-refractivity contribution is 5.87. The monoisotopic (exact) mass is 386 g/mol. The van der Waals surface area contributed by atoms with Crippen molar-refractivity contribution in [2.75, 3.05) is 5.73 Å². The van der Waals surface area contributed by atoms with Crippen molar-refractivity contribution in [2.45, 2.75) is 6.92 Å². The summed E-state index contributed by atoms with van der Waals surface area (Å²) in [5.41, 5.74) is 9.73. The number of benzene rings is 3. The number of phenols is 1. The lowest BCUT2D eigenvalue weighted by atomic mass is 10.1. The van der Waals surface area contributed by atoms with E-state index in [1.54, 1.807) is 47.1 Å². The Morgan fingerprint density at radius 1 is 1.00 bits per heavy atom. The first-order valence-corrected chi connectivity index (χ1v) is 8.89. The van der Waals surface area contributed by atoms with Crippen LogP contribution in [0.1, 0.15) is 15.9 Å². The van der Waals surface area contributed by atoms with E-state index in [4.69, 9.17) is 10.8 Å². The van der Waals surface area contributed by atoms with Crippen molar-refractivity contribution in [2.24, 2.45) is 0 Å². The topological polar surface area (TPSA) is 114 Å². The van der Waals surface area contributed by atoms with Crippen molar-refractivity contribution in [1.82, 2.24) is 14.8 Å². The average molecular weight is 386 g/mol. The Balaban J connectivity index is 1.94. The fourth-order valence-electron chi connectivity index (χ4n) is 3.05. The summed E-state index contributed by atoms with van der Waals surface area (Å²) in [6, 6.07) is 18.7. The second-order valence-electron chi connectivity index (χ2n) is 6.63. The van der Waals surface area contributed by atoms with E-state index in [2.05, 4.69) is 10.1 Å². The fourth-order valence-corrected chi connectivity index (χ4v) is 3.05. The molecule has 0 fully saturated rings. The molecule has 1 aromatic heterocycles. The number of aryl methyl sites for hydroxylation is 1. The number of nitrogens with zero attached hydrogens (tertiary/aromatic N) is 3. The number of rotatable bonds is 4. The molecule has 0 bridgehead atoms. The van der Waals surface area contributed by atoms with Gasteiger partial charge in [-0.3, -0.25) is 0 Å². The number of aromatic nitrogens is 3. The number of aromatic carboxylic acids is 1. The third-order valence-corrected chi connectivity index (χ3v) is 4.56. The molecule has 3 aromatic carbocycles. The van der Waals surface area contributed by atoms with Crippen LogP contribution in [0.5, 0.6) is 5.75 Å². The van der Waals surface area contributed by atoms with Gasteiger partial charge in [0.15, 0.2) is 11.6 Å². The van der Waals surface area contributed by atoms with E-state index in [1.807, 2.05) is 19.1 Å². The smallest absolute Gasteiger partial charge is 0.335 e. The molecule has 1 heterocycles. The van der Waals surface area contributed by atoms with Crippen molar-refractivity contribution >= 4 is 11.7 Å². The summed E-state index contributed by atoms with van der Waals surface area (Å²) < 4.78 is 1.60. The Bertz CT molecular complexity index is 1210. The summed E-state index contributed by atoms with van der Waals surface area (Å²) in [5.74, 6) is -0.114. The molecule has 4 rings (SSSR count). The molecule has 7 nitrogen and oxygen atoms in total. The summed E-state index contributed by atoms with van der Waals surface area (Å²) in [4.78, 5) is 15.8. The molecule has 0 saturated heterocycles. The highest BCUT2D eigenvalue weighted by Gasteiger charge is 2.19. The molecule has 0 amide bonds. The number of aromatic hydroxyl groups is 1. The van der Waals surface area contributed by atoms with Gasteiger partial charge < -0.3 is 15.9 Å². The third kappa shape index (κ3) is 3.41. The van der Waals surface area contributed by atoms with Crippen LogP contribution in [-0.4, -0.2) is 30.9 Å². The molecule has 0 saturated carbocycles. The van der Waals surface area contributed by atoms with Gasteiger partial charge in [-0.1, -0.05) is 23.8 Å². The molecule has 0 unspecified atom stereocenters. The number of para-hydroxylation sites is 1. The quantitative estimate of drug-likeness (QED) is 0.458. The van der Waals surface area contributed by atoms with Crippen molar-refractivity contribution in [3.05, 3.63) is 77.9 Å². The normalized spacial score (nSPS) is 10.8. The van der Waals surface area contributed by atoms with Crippen molar-refractivity contribution < 1.29 is 15.0 Å². The van der Waals surface area contributed by atoms with Crippen LogP contribution < -0.4 is 5.73 Å². The second-order valence-corrected chi connectivity index (χ2v) is 6.63. The van der Waals surface area contributed by atoms with E-state index in [9.17, 15) is 9.90 Å². The molecule has 29 heavy (non-hydrogen) atoms. The van der Waals surface area contributed by atoms with Gasteiger partial charge in [-0.15, -0.1) is 5.10 Å². The number of hydrogen-bond donors (Lipinski definition) is 3. The summed E-state index contributed by atoms with van der Waals surface area (Å²) in [5, 5.41) is 23.9. The van der Waals surface area contributed by atoms with Gasteiger partial charge in [-0.25, -0.2) is 14.5 Å². The molecule has 7 heteroatoms. The van der Waals surface area contributed by atoms with Crippen LogP contribution in [0.15, 0.2) is 66.7 Å². The van der Waals surface area contributed by atoms with Crippen LogP contribution >= 0.6 is 0 Å². The maximum Gasteiger partial charge on any atom is 0.335 e. The minimum absolute atomic E-state index is 0.0645. The number of anilines is 1. The van der Waals surface area contributed by atoms with E-state index in [0.29, 0.717) is 34.2 Å². The Hall–Kier alpha value is -4.13. The van der Waals surface area contributed by atoms with Gasteiger partial charge in [-0.2, -0.15) is 0 Å². The predicted octanol–water partition coefficient (Wildman–Crippen LogP) is 3.90. The Labute approximate surface area is 166 Å². The molecule has 0 radical (unpaired) electrons. The Morgan fingerprint density at radius 2 is 1.72 bits per heavy atom. The highest BCUT2D eigenvalue weighted by atomic mass is 16.4. The summed E-state index contributed by atoms with van der Waals surface area (Å²) >= 11 is 0. The van der Waals surface area contributed by atoms with Crippen LogP contribution in [0.2, 0.25) is 0 Å². The molecule has 0 aliphatic rings. The number of hydrogen-bond acceptors (Lipinski definition) is 5. The summed E-state index contributed by atoms with van der Waals surface area (Å²) in [7, 11) is 0. The molecule has 0 aliphatic heterocycles. The van der Waals surface area contributed by atoms with Crippen LogP contribution in [0.25, 0.3) is 28.5 Å². The first-order valence-electron chi connectivity index (χ1n) is 8.89. The maximum atomic E-state index is 11.2. The standard InChI is InChI=1S/C22H18N4O3/c1-13-6-11-18(23)17(12-13)21-24-20(16-4-2-3-5-19(16)27)25-26(21)15-9-7-14(8-10-15)22(28)29/h2-12,27H,23H2,1H3,(H,28,29). The van der Waals surface area contributed by atoms with E-state index >= 15 is 0 Å².